The molecule has 1 aromatic heterocycles. The number of nitrogens with zero attached hydrogens (tertiary/aromatic N) is 2. The van der Waals surface area contributed by atoms with E-state index in [2.05, 4.69) is 4.98 Å². The summed E-state index contributed by atoms with van der Waals surface area (Å²) >= 11 is 0. The van der Waals surface area contributed by atoms with Crippen molar-refractivity contribution in [3.8, 4) is 0 Å². The number of rotatable bonds is 2. The van der Waals surface area contributed by atoms with Gasteiger partial charge in [-0.25, -0.2) is 0 Å². The molecule has 1 rings (SSSR count). The van der Waals surface area contributed by atoms with Crippen LogP contribution in [0.25, 0.3) is 0 Å². The number of aromatic nitrogens is 1. The molecule has 0 bridgehead atoms. The summed E-state index contributed by atoms with van der Waals surface area (Å²) in [4.78, 5) is 14.1. The first-order valence-electron chi connectivity index (χ1n) is 5.17. The van der Waals surface area contributed by atoms with Gasteiger partial charge in [-0.3, -0.25) is 15.1 Å². The van der Waals surface area contributed by atoms with E-state index in [1.54, 1.807) is 13.0 Å². The van der Waals surface area contributed by atoms with Gasteiger partial charge in [0.25, 0.3) is 5.69 Å². The van der Waals surface area contributed by atoms with Gasteiger partial charge in [-0.05, 0) is 26.8 Å². The van der Waals surface area contributed by atoms with E-state index >= 15 is 0 Å². The number of hydrogen-bond acceptors (Lipinski definition) is 5. The minimum Gasteiger partial charge on any atom is -0.813 e. The maximum absolute atomic E-state index is 10.7. The average Bonchev–Trinajstić information content (AvgIpc) is 2.18. The molecule has 0 aliphatic rings. The molecule has 7 heteroatoms. The van der Waals surface area contributed by atoms with Crippen LogP contribution < -0.4 is 0 Å². The Morgan fingerprint density at radius 3 is 2.11 bits per heavy atom. The Kier molecular flexibility index (Phi) is 12.2. The number of pyridine rings is 1. The van der Waals surface area contributed by atoms with Gasteiger partial charge < -0.3 is 18.6 Å². The minimum absolute atomic E-state index is 0. The Bertz CT molecular complexity index is 381. The Labute approximate surface area is 132 Å². The van der Waals surface area contributed by atoms with E-state index in [1.807, 2.05) is 13.8 Å². The molecular weight excluding hydrogens is 362 g/mol. The molecule has 0 aliphatic heterocycles. The summed E-state index contributed by atoms with van der Waals surface area (Å²) in [5.74, 6) is 0. The SMILES string of the molecule is CC.Cc1ccnc(C(C)(C)O)c1[N+](=O)[O-].[SH-].[Sb]. The van der Waals surface area contributed by atoms with Gasteiger partial charge >= 0.3 is 0 Å². The number of thiol groups is 1. The zero-order valence-electron chi connectivity index (χ0n) is 11.2. The smallest absolute Gasteiger partial charge is 0.296 e. The monoisotopic (exact) mass is 380 g/mol. The number of aryl methyl sites for hydroxylation is 1. The second-order valence-corrected chi connectivity index (χ2v) is 3.64. The van der Waals surface area contributed by atoms with Crippen molar-refractivity contribution in [2.75, 3.05) is 0 Å². The van der Waals surface area contributed by atoms with Gasteiger partial charge in [0.2, 0.25) is 0 Å². The van der Waals surface area contributed by atoms with E-state index in [-0.39, 0.29) is 49.3 Å². The Balaban J connectivity index is -0.000000534. The van der Waals surface area contributed by atoms with Crippen molar-refractivity contribution >= 4 is 43.6 Å². The summed E-state index contributed by atoms with van der Waals surface area (Å²) < 4.78 is 0. The van der Waals surface area contributed by atoms with Crippen molar-refractivity contribution in [1.29, 1.82) is 0 Å². The standard InChI is InChI=1S/C9H12N2O3.C2H6.H2S.Sb/c1-6-4-5-10-8(9(2,3)12)7(6)11(13)14;1-2;;/h4-5,12H,1-3H3;1-2H3;1H2;/p-1. The predicted molar refractivity (Wildman–Crippen MR) is 76.7 cm³/mol. The normalized spacial score (nSPS) is 9.22. The summed E-state index contributed by atoms with van der Waals surface area (Å²) in [6.07, 6.45) is 1.45. The van der Waals surface area contributed by atoms with Gasteiger partial charge in [0, 0.05) is 36.2 Å². The van der Waals surface area contributed by atoms with Crippen LogP contribution in [-0.4, -0.2) is 39.4 Å². The van der Waals surface area contributed by atoms with Gasteiger partial charge in [0.15, 0.2) is 0 Å². The average molecular weight is 381 g/mol. The van der Waals surface area contributed by atoms with Crippen LogP contribution in [0, 0.1) is 17.0 Å². The summed E-state index contributed by atoms with van der Waals surface area (Å²) in [6.45, 7) is 8.57. The minimum atomic E-state index is -1.30. The van der Waals surface area contributed by atoms with Gasteiger partial charge in [-0.1, -0.05) is 13.8 Å². The fourth-order valence-corrected chi connectivity index (χ4v) is 1.23. The summed E-state index contributed by atoms with van der Waals surface area (Å²) in [7, 11) is 0. The van der Waals surface area contributed by atoms with Crippen LogP contribution in [0.2, 0.25) is 0 Å². The molecule has 103 valence electrons. The Hall–Kier alpha value is -0.322. The largest absolute Gasteiger partial charge is 0.813 e. The van der Waals surface area contributed by atoms with Crippen molar-refractivity contribution in [2.45, 2.75) is 40.2 Å². The molecule has 0 spiro atoms. The first-order valence-corrected chi connectivity index (χ1v) is 5.17. The molecule has 0 unspecified atom stereocenters. The van der Waals surface area contributed by atoms with Crippen LogP contribution in [0.4, 0.5) is 5.69 Å². The predicted octanol–water partition coefficient (Wildman–Crippen LogP) is 1.90. The van der Waals surface area contributed by atoms with Crippen LogP contribution >= 0.6 is 0 Å². The van der Waals surface area contributed by atoms with Gasteiger partial charge in [0.05, 0.1) is 4.92 Å². The van der Waals surface area contributed by atoms with E-state index in [0.717, 1.165) is 0 Å². The molecule has 0 fully saturated rings. The third kappa shape index (κ3) is 6.02. The zero-order valence-corrected chi connectivity index (χ0v) is 14.7. The van der Waals surface area contributed by atoms with Crippen molar-refractivity contribution < 1.29 is 10.0 Å². The molecular formula is C11H19N2O3SSb-. The maximum Gasteiger partial charge on any atom is 0.296 e. The summed E-state index contributed by atoms with van der Waals surface area (Å²) in [5, 5.41) is 20.4. The molecule has 18 heavy (non-hydrogen) atoms. The molecule has 0 amide bonds. The van der Waals surface area contributed by atoms with Crippen molar-refractivity contribution in [3.63, 3.8) is 0 Å². The molecule has 1 heterocycles. The fraction of sp³-hybridized carbons (Fsp3) is 0.545. The van der Waals surface area contributed by atoms with Crippen LogP contribution in [0.1, 0.15) is 39.0 Å². The molecule has 1 aromatic rings. The second-order valence-electron chi connectivity index (χ2n) is 3.64. The third-order valence-corrected chi connectivity index (χ3v) is 1.89. The van der Waals surface area contributed by atoms with E-state index in [1.165, 1.54) is 20.0 Å². The van der Waals surface area contributed by atoms with Crippen LogP contribution in [-0.2, 0) is 19.1 Å². The summed E-state index contributed by atoms with van der Waals surface area (Å²) in [6, 6.07) is 1.55. The second kappa shape index (κ2) is 9.59. The fourth-order valence-electron chi connectivity index (χ4n) is 1.23. The van der Waals surface area contributed by atoms with E-state index in [0.29, 0.717) is 5.56 Å². The topological polar surface area (TPSA) is 76.3 Å². The molecule has 0 aliphatic carbocycles. The third-order valence-electron chi connectivity index (χ3n) is 1.89. The Morgan fingerprint density at radius 1 is 1.39 bits per heavy atom. The number of aliphatic hydroxyl groups is 1. The van der Waals surface area contributed by atoms with Gasteiger partial charge in [0.1, 0.15) is 11.3 Å². The van der Waals surface area contributed by atoms with E-state index in [4.69, 9.17) is 0 Å². The van der Waals surface area contributed by atoms with Crippen molar-refractivity contribution in [2.24, 2.45) is 0 Å². The van der Waals surface area contributed by atoms with Crippen LogP contribution in [0.5, 0.6) is 0 Å². The van der Waals surface area contributed by atoms with E-state index < -0.39 is 10.5 Å². The molecule has 0 saturated heterocycles. The Morgan fingerprint density at radius 2 is 1.83 bits per heavy atom. The molecule has 0 aromatic carbocycles. The van der Waals surface area contributed by atoms with Gasteiger partial charge in [-0.2, -0.15) is 0 Å². The molecule has 3 radical (unpaired) electrons. The first-order chi connectivity index (χ1) is 7.34. The van der Waals surface area contributed by atoms with Crippen molar-refractivity contribution in [1.82, 2.24) is 4.98 Å². The van der Waals surface area contributed by atoms with Crippen LogP contribution in [0.3, 0.4) is 0 Å². The number of hydrogen-bond donors (Lipinski definition) is 1. The first kappa shape index (κ1) is 22.8. The maximum atomic E-state index is 10.7. The molecule has 0 atom stereocenters. The van der Waals surface area contributed by atoms with E-state index in [9.17, 15) is 15.2 Å². The molecule has 5 nitrogen and oxygen atoms in total. The summed E-state index contributed by atoms with van der Waals surface area (Å²) in [5.41, 5.74) is -0.807. The van der Waals surface area contributed by atoms with Gasteiger partial charge in [-0.15, -0.1) is 0 Å². The number of nitro groups is 1. The quantitative estimate of drug-likeness (QED) is 0.279. The van der Waals surface area contributed by atoms with Crippen LogP contribution in [0.15, 0.2) is 12.3 Å². The zero-order chi connectivity index (χ0) is 12.9. The molecule has 0 saturated carbocycles. The molecule has 1 N–H and O–H groups in total. The van der Waals surface area contributed by atoms with Crippen molar-refractivity contribution in [3.05, 3.63) is 33.6 Å².